The first-order valence-electron chi connectivity index (χ1n) is 9.61. The van der Waals surface area contributed by atoms with Gasteiger partial charge in [-0.15, -0.1) is 0 Å². The fraction of sp³-hybridized carbons (Fsp3) is 0.579. The Morgan fingerprint density at radius 2 is 2.22 bits per heavy atom. The summed E-state index contributed by atoms with van der Waals surface area (Å²) in [5, 5.41) is 6.21. The molecule has 2 atom stereocenters. The third-order valence-electron chi connectivity index (χ3n) is 5.20. The molecule has 0 aromatic heterocycles. The highest BCUT2D eigenvalue weighted by Crippen LogP contribution is 2.23. The summed E-state index contributed by atoms with van der Waals surface area (Å²) in [5.41, 5.74) is 0.491. The molecule has 27 heavy (non-hydrogen) atoms. The van der Waals surface area contributed by atoms with E-state index < -0.39 is 10.0 Å². The number of hydrogen-bond donors (Lipinski definition) is 3. The van der Waals surface area contributed by atoms with E-state index in [0.29, 0.717) is 36.8 Å². The number of benzene rings is 1. The van der Waals surface area contributed by atoms with Crippen molar-refractivity contribution >= 4 is 27.5 Å². The molecule has 148 valence electrons. The minimum atomic E-state index is -3.68. The first-order chi connectivity index (χ1) is 12.9. The first-order valence-corrected chi connectivity index (χ1v) is 11.1. The molecule has 0 spiro atoms. The summed E-state index contributed by atoms with van der Waals surface area (Å²) in [6, 6.07) is 6.35. The van der Waals surface area contributed by atoms with Crippen LogP contribution in [-0.2, 0) is 14.8 Å². The second kappa shape index (κ2) is 8.84. The third-order valence-corrected chi connectivity index (χ3v) is 6.58. The van der Waals surface area contributed by atoms with Crippen molar-refractivity contribution in [1.82, 2.24) is 10.0 Å². The Kier molecular flexibility index (Phi) is 6.49. The van der Waals surface area contributed by atoms with Crippen LogP contribution in [0.3, 0.4) is 0 Å². The number of hydrogen-bond acceptors (Lipinski definition) is 5. The maximum atomic E-state index is 12.5. The molecular weight excluding hydrogens is 364 g/mol. The number of sulfonamides is 1. The number of carbonyl (C=O) groups is 1. The zero-order valence-corrected chi connectivity index (χ0v) is 16.5. The highest BCUT2D eigenvalue weighted by atomic mass is 32.2. The van der Waals surface area contributed by atoms with E-state index >= 15 is 0 Å². The average Bonchev–Trinajstić information content (AvgIpc) is 3.15. The Bertz CT molecular complexity index is 801. The number of amidine groups is 1. The van der Waals surface area contributed by atoms with Gasteiger partial charge in [-0.3, -0.25) is 14.5 Å². The zero-order valence-electron chi connectivity index (χ0n) is 15.7. The first kappa shape index (κ1) is 19.8. The monoisotopic (exact) mass is 392 g/mol. The van der Waals surface area contributed by atoms with Gasteiger partial charge in [-0.2, -0.15) is 0 Å². The van der Waals surface area contributed by atoms with Crippen LogP contribution in [0.25, 0.3) is 0 Å². The van der Waals surface area contributed by atoms with Gasteiger partial charge < -0.3 is 10.6 Å². The minimum Gasteiger partial charge on any atom is -0.326 e. The lowest BCUT2D eigenvalue weighted by molar-refractivity contribution is -0.117. The molecule has 0 radical (unpaired) electrons. The lowest BCUT2D eigenvalue weighted by Crippen LogP contribution is -2.34. The summed E-state index contributed by atoms with van der Waals surface area (Å²) in [6.45, 7) is 4.77. The smallest absolute Gasteiger partial charge is 0.262 e. The second-order valence-corrected chi connectivity index (χ2v) is 9.08. The fourth-order valence-corrected chi connectivity index (χ4v) is 4.75. The highest BCUT2D eigenvalue weighted by Gasteiger charge is 2.23. The highest BCUT2D eigenvalue weighted by molar-refractivity contribution is 7.90. The van der Waals surface area contributed by atoms with Crippen LogP contribution >= 0.6 is 0 Å². The summed E-state index contributed by atoms with van der Waals surface area (Å²) in [6.07, 6.45) is 4.23. The Hall–Kier alpha value is -1.93. The molecule has 1 aromatic rings. The van der Waals surface area contributed by atoms with Gasteiger partial charge in [-0.1, -0.05) is 13.0 Å². The molecule has 1 fully saturated rings. The van der Waals surface area contributed by atoms with Crippen molar-refractivity contribution in [1.29, 1.82) is 0 Å². The summed E-state index contributed by atoms with van der Waals surface area (Å²) >= 11 is 0. The maximum absolute atomic E-state index is 12.5. The number of aliphatic imine (C=N–C) groups is 1. The molecule has 1 saturated heterocycles. The number of anilines is 1. The molecule has 2 aliphatic heterocycles. The van der Waals surface area contributed by atoms with E-state index in [4.69, 9.17) is 0 Å². The zero-order chi connectivity index (χ0) is 19.3. The molecular formula is C19H28N4O3S. The van der Waals surface area contributed by atoms with E-state index in [1.807, 2.05) is 0 Å². The van der Waals surface area contributed by atoms with Gasteiger partial charge in [0, 0.05) is 25.1 Å². The average molecular weight is 393 g/mol. The molecule has 2 unspecified atom stereocenters. The molecule has 0 bridgehead atoms. The molecule has 2 aliphatic rings. The number of nitrogens with zero attached hydrogens (tertiary/aromatic N) is 1. The van der Waals surface area contributed by atoms with E-state index in [9.17, 15) is 13.2 Å². The van der Waals surface area contributed by atoms with Gasteiger partial charge in [-0.25, -0.2) is 8.42 Å². The lowest BCUT2D eigenvalue weighted by Gasteiger charge is -2.28. The molecule has 7 nitrogen and oxygen atoms in total. The van der Waals surface area contributed by atoms with Gasteiger partial charge >= 0.3 is 0 Å². The Morgan fingerprint density at radius 3 is 2.93 bits per heavy atom. The fourth-order valence-electron chi connectivity index (χ4n) is 3.61. The van der Waals surface area contributed by atoms with E-state index in [2.05, 4.69) is 27.3 Å². The molecule has 2 heterocycles. The standard InChI is InChI=1S/C19H28N4O3S/c1-14(15-5-3-9-20-13-15)11-19(24)22-16-6-2-7-17(12-16)27(25,26)23-18-8-4-10-21-18/h2,6-7,12,14-15,20H,3-5,8-11,13H2,1H3,(H,21,23)(H,22,24). The number of rotatable bonds is 6. The van der Waals surface area contributed by atoms with Crippen LogP contribution in [0.2, 0.25) is 0 Å². The maximum Gasteiger partial charge on any atom is 0.262 e. The van der Waals surface area contributed by atoms with Crippen molar-refractivity contribution in [2.45, 2.75) is 43.9 Å². The molecule has 1 amide bonds. The largest absolute Gasteiger partial charge is 0.326 e. The number of nitrogens with one attached hydrogen (secondary N) is 3. The summed E-state index contributed by atoms with van der Waals surface area (Å²) in [4.78, 5) is 16.7. The van der Waals surface area contributed by atoms with Crippen molar-refractivity contribution in [2.24, 2.45) is 16.8 Å². The van der Waals surface area contributed by atoms with E-state index in [1.165, 1.54) is 12.1 Å². The third kappa shape index (κ3) is 5.52. The summed E-state index contributed by atoms with van der Waals surface area (Å²) < 4.78 is 27.5. The number of piperidine rings is 1. The number of amides is 1. The Morgan fingerprint density at radius 1 is 1.37 bits per heavy atom. The van der Waals surface area contributed by atoms with Crippen LogP contribution in [0.15, 0.2) is 34.2 Å². The topological polar surface area (TPSA) is 99.7 Å². The molecule has 1 aromatic carbocycles. The van der Waals surface area contributed by atoms with Crippen LogP contribution in [-0.4, -0.2) is 39.8 Å². The van der Waals surface area contributed by atoms with Crippen LogP contribution in [0.4, 0.5) is 5.69 Å². The summed E-state index contributed by atoms with van der Waals surface area (Å²) in [7, 11) is -3.68. The van der Waals surface area contributed by atoms with Gasteiger partial charge in [0.1, 0.15) is 5.84 Å². The van der Waals surface area contributed by atoms with E-state index in [-0.39, 0.29) is 16.7 Å². The normalized spacial score (nSPS) is 21.4. The van der Waals surface area contributed by atoms with Crippen molar-refractivity contribution in [3.63, 3.8) is 0 Å². The molecule has 3 rings (SSSR count). The van der Waals surface area contributed by atoms with Crippen molar-refractivity contribution in [3.8, 4) is 0 Å². The quantitative estimate of drug-likeness (QED) is 0.690. The predicted octanol–water partition coefficient (Wildman–Crippen LogP) is 2.12. The second-order valence-electron chi connectivity index (χ2n) is 7.40. The molecule has 0 aliphatic carbocycles. The Labute approximate surface area is 161 Å². The minimum absolute atomic E-state index is 0.0873. The van der Waals surface area contributed by atoms with Gasteiger partial charge in [0.05, 0.1) is 4.90 Å². The van der Waals surface area contributed by atoms with Gasteiger partial charge in [0.2, 0.25) is 5.91 Å². The lowest BCUT2D eigenvalue weighted by atomic mass is 9.85. The predicted molar refractivity (Wildman–Crippen MR) is 106 cm³/mol. The van der Waals surface area contributed by atoms with Gasteiger partial charge in [0.15, 0.2) is 0 Å². The SMILES string of the molecule is CC(CC(=O)Nc1cccc(S(=O)(=O)NC2=NCCC2)c1)C1CCCNC1. The molecule has 0 saturated carbocycles. The molecule has 3 N–H and O–H groups in total. The van der Waals surface area contributed by atoms with E-state index in [1.54, 1.807) is 12.1 Å². The van der Waals surface area contributed by atoms with Gasteiger partial charge in [-0.05, 0) is 62.4 Å². The molecule has 8 heteroatoms. The van der Waals surface area contributed by atoms with Crippen molar-refractivity contribution in [2.75, 3.05) is 25.0 Å². The Balaban J connectivity index is 1.60. The van der Waals surface area contributed by atoms with Crippen LogP contribution in [0, 0.1) is 11.8 Å². The van der Waals surface area contributed by atoms with Crippen LogP contribution < -0.4 is 15.4 Å². The van der Waals surface area contributed by atoms with Crippen molar-refractivity contribution in [3.05, 3.63) is 24.3 Å². The van der Waals surface area contributed by atoms with Crippen molar-refractivity contribution < 1.29 is 13.2 Å². The van der Waals surface area contributed by atoms with Gasteiger partial charge in [0.25, 0.3) is 10.0 Å². The van der Waals surface area contributed by atoms with Crippen LogP contribution in [0.5, 0.6) is 0 Å². The van der Waals surface area contributed by atoms with Crippen LogP contribution in [0.1, 0.15) is 39.0 Å². The summed E-state index contributed by atoms with van der Waals surface area (Å²) in [5.74, 6) is 1.20. The van der Waals surface area contributed by atoms with E-state index in [0.717, 1.165) is 32.4 Å². The number of carbonyl (C=O) groups excluding carboxylic acids is 1.